The van der Waals surface area contributed by atoms with Gasteiger partial charge in [0, 0.05) is 22.5 Å². The van der Waals surface area contributed by atoms with Crippen LogP contribution in [0.5, 0.6) is 0 Å². The van der Waals surface area contributed by atoms with E-state index in [0.717, 1.165) is 33.1 Å². The average Bonchev–Trinajstić information content (AvgIpc) is 3.75. The molecule has 2 aromatic heterocycles. The van der Waals surface area contributed by atoms with E-state index in [2.05, 4.69) is 187 Å². The van der Waals surface area contributed by atoms with Gasteiger partial charge in [-0.2, -0.15) is 0 Å². The second kappa shape index (κ2) is 11.3. The summed E-state index contributed by atoms with van der Waals surface area (Å²) in [6.45, 7) is 0. The summed E-state index contributed by atoms with van der Waals surface area (Å²) in [4.78, 5) is 9.78. The number of nitrogens with zero attached hydrogens (tertiary/aromatic N) is 2. The molecule has 262 valence electrons. The van der Waals surface area contributed by atoms with Crippen molar-refractivity contribution in [1.82, 2.24) is 9.97 Å². The first-order chi connectivity index (χ1) is 28.3. The minimum atomic E-state index is -0.457. The van der Waals surface area contributed by atoms with Crippen molar-refractivity contribution >= 4 is 54.1 Å². The highest BCUT2D eigenvalue weighted by Crippen LogP contribution is 2.65. The van der Waals surface area contributed by atoms with Gasteiger partial charge in [0.2, 0.25) is 0 Å². The fourth-order valence-electron chi connectivity index (χ4n) is 10.5. The smallest absolute Gasteiger partial charge is 0.0972 e. The van der Waals surface area contributed by atoms with Gasteiger partial charge in [0.1, 0.15) is 0 Å². The van der Waals surface area contributed by atoms with Gasteiger partial charge in [-0.3, -0.25) is 4.98 Å². The van der Waals surface area contributed by atoms with E-state index in [9.17, 15) is 0 Å². The van der Waals surface area contributed by atoms with Gasteiger partial charge in [-0.1, -0.05) is 158 Å². The minimum absolute atomic E-state index is 0.457. The number of fused-ring (bicyclic) bond motifs is 19. The second-order valence-corrected chi connectivity index (χ2v) is 15.6. The van der Waals surface area contributed by atoms with Gasteiger partial charge in [-0.25, -0.2) is 4.98 Å². The average molecular weight is 721 g/mol. The highest BCUT2D eigenvalue weighted by molar-refractivity contribution is 6.20. The van der Waals surface area contributed by atoms with Crippen molar-refractivity contribution in [1.29, 1.82) is 0 Å². The molecule has 0 saturated heterocycles. The minimum Gasteiger partial charge on any atom is -0.254 e. The van der Waals surface area contributed by atoms with Crippen LogP contribution in [0.3, 0.4) is 0 Å². The SMILES string of the molecule is c1ccc2c(c1)-c1ccccc1C21c2cc3cc(-c4ccc(-c5ccc6ccc7cccnc7c6n5)cc4)ccc3cc2-c2c1c1ccccc1c1ccccc21. The molecular weight excluding hydrogens is 689 g/mol. The standard InChI is InChI=1S/C55H32N2/c1-3-15-44-40(11-1)41-12-2-4-16-45(41)52-51(44)46-31-38-26-25-37(30-39(38)32-49(46)55(52)47-17-7-5-13-42(47)43-14-6-8-18-48(43)55)33-19-21-34(22-20-33)50-28-27-36-24-23-35-10-9-29-56-53(35)54(36)57-50/h1-32H. The lowest BCUT2D eigenvalue weighted by Crippen LogP contribution is -2.26. The molecule has 11 aromatic rings. The van der Waals surface area contributed by atoms with Gasteiger partial charge < -0.3 is 0 Å². The molecule has 1 spiro atoms. The molecule has 0 aliphatic heterocycles. The molecule has 0 bridgehead atoms. The number of hydrogen-bond donors (Lipinski definition) is 0. The molecule has 0 atom stereocenters. The summed E-state index contributed by atoms with van der Waals surface area (Å²) >= 11 is 0. The van der Waals surface area contributed by atoms with Gasteiger partial charge in [0.15, 0.2) is 0 Å². The van der Waals surface area contributed by atoms with Gasteiger partial charge in [0.25, 0.3) is 0 Å². The quantitative estimate of drug-likeness (QED) is 0.166. The van der Waals surface area contributed by atoms with Crippen molar-refractivity contribution in [2.24, 2.45) is 0 Å². The largest absolute Gasteiger partial charge is 0.254 e. The number of benzene rings is 9. The molecule has 2 aliphatic carbocycles. The van der Waals surface area contributed by atoms with Gasteiger partial charge in [0.05, 0.1) is 22.1 Å². The fourth-order valence-corrected chi connectivity index (χ4v) is 10.5. The van der Waals surface area contributed by atoms with Gasteiger partial charge in [-0.05, 0) is 118 Å². The monoisotopic (exact) mass is 720 g/mol. The van der Waals surface area contributed by atoms with E-state index in [1.807, 2.05) is 12.3 Å². The van der Waals surface area contributed by atoms with Crippen molar-refractivity contribution in [3.63, 3.8) is 0 Å². The highest BCUT2D eigenvalue weighted by atomic mass is 14.7. The molecule has 0 saturated carbocycles. The lowest BCUT2D eigenvalue weighted by molar-refractivity contribution is 0.803. The third kappa shape index (κ3) is 4.09. The van der Waals surface area contributed by atoms with E-state index in [1.54, 1.807) is 0 Å². The van der Waals surface area contributed by atoms with Crippen LogP contribution in [0, 0.1) is 0 Å². The van der Waals surface area contributed by atoms with Crippen LogP contribution < -0.4 is 0 Å². The van der Waals surface area contributed by atoms with Crippen LogP contribution >= 0.6 is 0 Å². The first-order valence-electron chi connectivity index (χ1n) is 19.7. The zero-order valence-electron chi connectivity index (χ0n) is 30.9. The number of aromatic nitrogens is 2. The first-order valence-corrected chi connectivity index (χ1v) is 19.7. The molecule has 57 heavy (non-hydrogen) atoms. The summed E-state index contributed by atoms with van der Waals surface area (Å²) in [7, 11) is 0. The zero-order valence-corrected chi connectivity index (χ0v) is 30.9. The van der Waals surface area contributed by atoms with Crippen LogP contribution in [0.1, 0.15) is 22.3 Å². The van der Waals surface area contributed by atoms with Crippen molar-refractivity contribution < 1.29 is 0 Å². The van der Waals surface area contributed by atoms with Crippen LogP contribution in [-0.2, 0) is 5.41 Å². The van der Waals surface area contributed by atoms with Crippen LogP contribution in [0.2, 0.25) is 0 Å². The Morgan fingerprint density at radius 2 is 0.947 bits per heavy atom. The third-order valence-electron chi connectivity index (χ3n) is 12.9. The predicted octanol–water partition coefficient (Wildman–Crippen LogP) is 13.9. The highest BCUT2D eigenvalue weighted by Gasteiger charge is 2.53. The van der Waals surface area contributed by atoms with Crippen molar-refractivity contribution in [3.8, 4) is 44.6 Å². The normalized spacial score (nSPS) is 13.4. The van der Waals surface area contributed by atoms with Crippen molar-refractivity contribution in [2.45, 2.75) is 5.41 Å². The topological polar surface area (TPSA) is 25.8 Å². The molecule has 0 N–H and O–H groups in total. The summed E-state index contributed by atoms with van der Waals surface area (Å²) in [6.07, 6.45) is 1.84. The Balaban J connectivity index is 1.02. The molecular formula is C55H32N2. The van der Waals surface area contributed by atoms with E-state index in [0.29, 0.717) is 0 Å². The number of rotatable bonds is 2. The zero-order chi connectivity index (χ0) is 37.2. The first kappa shape index (κ1) is 30.9. The van der Waals surface area contributed by atoms with E-state index in [1.165, 1.54) is 88.0 Å². The Kier molecular flexibility index (Phi) is 6.13. The molecule has 2 heteroatoms. The Morgan fingerprint density at radius 3 is 1.72 bits per heavy atom. The van der Waals surface area contributed by atoms with Crippen molar-refractivity contribution in [3.05, 3.63) is 217 Å². The maximum absolute atomic E-state index is 5.11. The maximum Gasteiger partial charge on any atom is 0.0972 e. The summed E-state index contributed by atoms with van der Waals surface area (Å²) in [5.74, 6) is 0. The van der Waals surface area contributed by atoms with Gasteiger partial charge >= 0.3 is 0 Å². The molecule has 0 amide bonds. The lowest BCUT2D eigenvalue weighted by Gasteiger charge is -2.32. The Labute approximate surface area is 329 Å². The summed E-state index contributed by atoms with van der Waals surface area (Å²) in [5, 5.41) is 9.93. The second-order valence-electron chi connectivity index (χ2n) is 15.6. The molecule has 2 aliphatic rings. The van der Waals surface area contributed by atoms with Crippen LogP contribution in [0.15, 0.2) is 194 Å². The summed E-state index contributed by atoms with van der Waals surface area (Å²) in [6, 6.07) is 69.7. The molecule has 13 rings (SSSR count). The van der Waals surface area contributed by atoms with Crippen LogP contribution in [-0.4, -0.2) is 9.97 Å². The molecule has 2 heterocycles. The third-order valence-corrected chi connectivity index (χ3v) is 12.9. The van der Waals surface area contributed by atoms with E-state index in [4.69, 9.17) is 4.98 Å². The molecule has 2 nitrogen and oxygen atoms in total. The van der Waals surface area contributed by atoms with E-state index in [-0.39, 0.29) is 0 Å². The Hall–Kier alpha value is -7.42. The van der Waals surface area contributed by atoms with Gasteiger partial charge in [-0.15, -0.1) is 0 Å². The number of pyridine rings is 2. The summed E-state index contributed by atoms with van der Waals surface area (Å²) in [5.41, 5.74) is 16.7. The van der Waals surface area contributed by atoms with E-state index >= 15 is 0 Å². The lowest BCUT2D eigenvalue weighted by atomic mass is 9.69. The van der Waals surface area contributed by atoms with Crippen LogP contribution in [0.4, 0.5) is 0 Å². The molecule has 0 fully saturated rings. The Morgan fingerprint density at radius 1 is 0.351 bits per heavy atom. The summed E-state index contributed by atoms with van der Waals surface area (Å²) < 4.78 is 0. The molecule has 0 radical (unpaired) electrons. The van der Waals surface area contributed by atoms with E-state index < -0.39 is 5.41 Å². The maximum atomic E-state index is 5.11. The Bertz CT molecular complexity index is 3480. The van der Waals surface area contributed by atoms with Crippen LogP contribution in [0.25, 0.3) is 98.8 Å². The fraction of sp³-hybridized carbons (Fsp3) is 0.0182. The predicted molar refractivity (Wildman–Crippen MR) is 237 cm³/mol. The molecule has 9 aromatic carbocycles. The molecule has 0 unspecified atom stereocenters. The van der Waals surface area contributed by atoms with Crippen molar-refractivity contribution in [2.75, 3.05) is 0 Å². The number of hydrogen-bond acceptors (Lipinski definition) is 2.